The van der Waals surface area contributed by atoms with Crippen LogP contribution in [0.5, 0.6) is 5.75 Å². The summed E-state index contributed by atoms with van der Waals surface area (Å²) in [6.45, 7) is 2.43. The second-order valence-corrected chi connectivity index (χ2v) is 7.28. The van der Waals surface area contributed by atoms with E-state index in [4.69, 9.17) is 4.74 Å². The Balaban J connectivity index is 1.71. The van der Waals surface area contributed by atoms with E-state index < -0.39 is 0 Å². The lowest BCUT2D eigenvalue weighted by molar-refractivity contribution is 0.0628. The number of ether oxygens (including phenoxy) is 1. The van der Waals surface area contributed by atoms with Crippen molar-refractivity contribution in [3.05, 3.63) is 51.9 Å². The summed E-state index contributed by atoms with van der Waals surface area (Å²) in [5.41, 5.74) is 0.820. The summed E-state index contributed by atoms with van der Waals surface area (Å²) in [5, 5.41) is 4.01. The molecule has 1 aromatic heterocycles. The molecule has 0 spiro atoms. The Bertz CT molecular complexity index is 898. The van der Waals surface area contributed by atoms with Crippen LogP contribution >= 0.6 is 11.8 Å². The van der Waals surface area contributed by atoms with Crippen LogP contribution in [0, 0.1) is 0 Å². The molecule has 136 valence electrons. The minimum Gasteiger partial charge on any atom is -0.496 e. The van der Waals surface area contributed by atoms with Crippen LogP contribution in [-0.2, 0) is 6.54 Å². The normalized spacial score (nSPS) is 19.3. The molecule has 1 saturated heterocycles. The zero-order valence-electron chi connectivity index (χ0n) is 14.5. The molecule has 1 unspecified atom stereocenters. The first-order valence-electron chi connectivity index (χ1n) is 8.58. The molecule has 8 heteroatoms. The number of nitrogens with one attached hydrogen (secondary N) is 1. The summed E-state index contributed by atoms with van der Waals surface area (Å²) in [7, 11) is 1.62. The molecule has 7 nitrogen and oxygen atoms in total. The molecule has 4 rings (SSSR count). The maximum Gasteiger partial charge on any atom is 0.267 e. The monoisotopic (exact) mass is 372 g/mol. The fourth-order valence-corrected chi connectivity index (χ4v) is 4.40. The van der Waals surface area contributed by atoms with Crippen molar-refractivity contribution in [1.82, 2.24) is 19.8 Å². The van der Waals surface area contributed by atoms with Gasteiger partial charge in [-0.1, -0.05) is 30.0 Å². The number of amides is 1. The molecular weight excluding hydrogens is 352 g/mol. The maximum absolute atomic E-state index is 13.2. The van der Waals surface area contributed by atoms with Gasteiger partial charge in [-0.2, -0.15) is 0 Å². The molecule has 0 saturated carbocycles. The topological polar surface area (TPSA) is 76.5 Å². The van der Waals surface area contributed by atoms with E-state index in [9.17, 15) is 9.59 Å². The Morgan fingerprint density at radius 3 is 3.04 bits per heavy atom. The predicted octanol–water partition coefficient (Wildman–Crippen LogP) is 1.14. The lowest BCUT2D eigenvalue weighted by Crippen LogP contribution is -2.50. The number of benzene rings is 1. The molecule has 2 aliphatic rings. The Hall–Kier alpha value is -2.32. The molecule has 0 radical (unpaired) electrons. The van der Waals surface area contributed by atoms with Crippen LogP contribution in [0.4, 0.5) is 0 Å². The third-order valence-corrected chi connectivity index (χ3v) is 5.76. The minimum absolute atomic E-state index is 0.137. The summed E-state index contributed by atoms with van der Waals surface area (Å²) in [5.74, 6) is 1.28. The Morgan fingerprint density at radius 2 is 2.19 bits per heavy atom. The molecule has 26 heavy (non-hydrogen) atoms. The van der Waals surface area contributed by atoms with Crippen LogP contribution in [-0.4, -0.2) is 52.9 Å². The highest BCUT2D eigenvalue weighted by atomic mass is 32.2. The molecular formula is C18H20N4O3S. The quantitative estimate of drug-likeness (QED) is 0.815. The first-order chi connectivity index (χ1) is 12.7. The Labute approximate surface area is 155 Å². The second kappa shape index (κ2) is 7.13. The lowest BCUT2D eigenvalue weighted by atomic mass is 10.0. The van der Waals surface area contributed by atoms with Crippen molar-refractivity contribution >= 4 is 17.7 Å². The number of piperazine rings is 1. The van der Waals surface area contributed by atoms with Gasteiger partial charge in [0, 0.05) is 43.7 Å². The van der Waals surface area contributed by atoms with Gasteiger partial charge in [0.2, 0.25) is 0 Å². The summed E-state index contributed by atoms with van der Waals surface area (Å²) < 4.78 is 7.07. The van der Waals surface area contributed by atoms with E-state index >= 15 is 0 Å². The van der Waals surface area contributed by atoms with Crippen molar-refractivity contribution in [2.45, 2.75) is 17.7 Å². The van der Waals surface area contributed by atoms with Gasteiger partial charge in [0.1, 0.15) is 11.3 Å². The van der Waals surface area contributed by atoms with Crippen LogP contribution < -0.4 is 15.6 Å². The fourth-order valence-electron chi connectivity index (χ4n) is 3.49. The highest BCUT2D eigenvalue weighted by Gasteiger charge is 2.32. The second-order valence-electron chi connectivity index (χ2n) is 6.22. The average Bonchev–Trinajstić information content (AvgIpc) is 3.17. The highest BCUT2D eigenvalue weighted by Crippen LogP contribution is 2.31. The molecule has 0 aliphatic carbocycles. The van der Waals surface area contributed by atoms with Crippen LogP contribution in [0.25, 0.3) is 0 Å². The molecule has 1 atom stereocenters. The summed E-state index contributed by atoms with van der Waals surface area (Å²) >= 11 is 1.54. The van der Waals surface area contributed by atoms with Gasteiger partial charge in [-0.15, -0.1) is 0 Å². The first kappa shape index (κ1) is 17.1. The summed E-state index contributed by atoms with van der Waals surface area (Å²) in [6.07, 6.45) is 1.43. The number of carbonyl (C=O) groups is 1. The number of hydrogen-bond donors (Lipinski definition) is 1. The fraction of sp³-hybridized carbons (Fsp3) is 0.389. The largest absolute Gasteiger partial charge is 0.496 e. The van der Waals surface area contributed by atoms with Crippen LogP contribution in [0.15, 0.2) is 40.4 Å². The number of aromatic nitrogens is 2. The van der Waals surface area contributed by atoms with E-state index in [1.807, 2.05) is 24.3 Å². The number of carbonyl (C=O) groups excluding carboxylic acids is 1. The molecule has 2 aliphatic heterocycles. The molecule has 1 fully saturated rings. The number of thioether (sulfide) groups is 1. The third-order valence-electron chi connectivity index (χ3n) is 4.79. The van der Waals surface area contributed by atoms with Gasteiger partial charge in [-0.05, 0) is 6.07 Å². The Kier molecular flexibility index (Phi) is 4.69. The number of para-hydroxylation sites is 1. The van der Waals surface area contributed by atoms with E-state index in [0.29, 0.717) is 31.3 Å². The Morgan fingerprint density at radius 1 is 1.35 bits per heavy atom. The standard InChI is InChI=1S/C18H20N4O3S/c1-25-15-5-3-2-4-12(15)14-11-19-6-7-21(14)16(23)13-10-20-18-22(17(13)24)8-9-26-18/h2-5,10,14,19H,6-9,11H2,1H3. The van der Waals surface area contributed by atoms with Gasteiger partial charge in [0.05, 0.1) is 13.2 Å². The van der Waals surface area contributed by atoms with Crippen molar-refractivity contribution in [3.8, 4) is 5.75 Å². The van der Waals surface area contributed by atoms with E-state index in [1.54, 1.807) is 28.3 Å². The van der Waals surface area contributed by atoms with E-state index in [0.717, 1.165) is 17.1 Å². The zero-order valence-corrected chi connectivity index (χ0v) is 15.3. The maximum atomic E-state index is 13.2. The summed E-state index contributed by atoms with van der Waals surface area (Å²) in [4.78, 5) is 32.0. The smallest absolute Gasteiger partial charge is 0.267 e. The van der Waals surface area contributed by atoms with Crippen molar-refractivity contribution in [2.24, 2.45) is 0 Å². The van der Waals surface area contributed by atoms with Crippen molar-refractivity contribution in [3.63, 3.8) is 0 Å². The zero-order chi connectivity index (χ0) is 18.1. The lowest BCUT2D eigenvalue weighted by Gasteiger charge is -2.37. The van der Waals surface area contributed by atoms with Gasteiger partial charge in [-0.3, -0.25) is 14.2 Å². The number of nitrogens with zero attached hydrogens (tertiary/aromatic N) is 3. The molecule has 1 amide bonds. The molecule has 1 N–H and O–H groups in total. The van der Waals surface area contributed by atoms with Crippen molar-refractivity contribution < 1.29 is 9.53 Å². The van der Waals surface area contributed by atoms with E-state index in [2.05, 4.69) is 10.3 Å². The van der Waals surface area contributed by atoms with E-state index in [-0.39, 0.29) is 23.1 Å². The van der Waals surface area contributed by atoms with Gasteiger partial charge in [0.15, 0.2) is 5.16 Å². The first-order valence-corrected chi connectivity index (χ1v) is 9.56. The number of rotatable bonds is 3. The van der Waals surface area contributed by atoms with Crippen LogP contribution in [0.1, 0.15) is 22.0 Å². The SMILES string of the molecule is COc1ccccc1C1CNCCN1C(=O)c1cnc2n(c1=O)CCS2. The molecule has 0 bridgehead atoms. The number of fused-ring (bicyclic) bond motifs is 1. The van der Waals surface area contributed by atoms with Crippen LogP contribution in [0.3, 0.4) is 0 Å². The average molecular weight is 372 g/mol. The summed E-state index contributed by atoms with van der Waals surface area (Å²) in [6, 6.07) is 7.48. The third kappa shape index (κ3) is 2.89. The van der Waals surface area contributed by atoms with Gasteiger partial charge in [-0.25, -0.2) is 4.98 Å². The highest BCUT2D eigenvalue weighted by molar-refractivity contribution is 7.99. The van der Waals surface area contributed by atoms with Gasteiger partial charge < -0.3 is 15.0 Å². The van der Waals surface area contributed by atoms with E-state index in [1.165, 1.54) is 6.20 Å². The molecule has 3 heterocycles. The minimum atomic E-state index is -0.271. The van der Waals surface area contributed by atoms with Gasteiger partial charge in [0.25, 0.3) is 11.5 Å². The van der Waals surface area contributed by atoms with Crippen molar-refractivity contribution in [1.29, 1.82) is 0 Å². The number of methoxy groups -OCH3 is 1. The predicted molar refractivity (Wildman–Crippen MR) is 98.9 cm³/mol. The van der Waals surface area contributed by atoms with Gasteiger partial charge >= 0.3 is 0 Å². The molecule has 1 aromatic carbocycles. The molecule has 2 aromatic rings. The number of hydrogen-bond acceptors (Lipinski definition) is 6. The van der Waals surface area contributed by atoms with Crippen LogP contribution in [0.2, 0.25) is 0 Å². The van der Waals surface area contributed by atoms with Crippen molar-refractivity contribution in [2.75, 3.05) is 32.5 Å².